The van der Waals surface area contributed by atoms with Crippen LogP contribution < -0.4 is 10.2 Å². The van der Waals surface area contributed by atoms with E-state index in [9.17, 15) is 9.18 Å². The van der Waals surface area contributed by atoms with Crippen molar-refractivity contribution in [3.05, 3.63) is 66.6 Å². The monoisotopic (exact) mass is 418 g/mol. The van der Waals surface area contributed by atoms with E-state index in [-0.39, 0.29) is 11.4 Å². The number of hydrogen-bond donors (Lipinski definition) is 2. The number of nitrogens with zero attached hydrogens (tertiary/aromatic N) is 4. The summed E-state index contributed by atoms with van der Waals surface area (Å²) in [5.41, 5.74) is 3.74. The third kappa shape index (κ3) is 3.82. The lowest BCUT2D eigenvalue weighted by atomic mass is 10.0. The number of benzene rings is 1. The van der Waals surface area contributed by atoms with E-state index in [0.717, 1.165) is 29.9 Å². The molecule has 0 saturated carbocycles. The summed E-state index contributed by atoms with van der Waals surface area (Å²) in [5, 5.41) is 10.1. The molecule has 0 atom stereocenters. The molecule has 0 aliphatic carbocycles. The van der Waals surface area contributed by atoms with Gasteiger partial charge in [0, 0.05) is 36.4 Å². The summed E-state index contributed by atoms with van der Waals surface area (Å²) in [6, 6.07) is 8.95. The van der Waals surface area contributed by atoms with E-state index in [2.05, 4.69) is 36.4 Å². The molecular formula is C22H19FN6O2. The highest BCUT2D eigenvalue weighted by Crippen LogP contribution is 2.28. The van der Waals surface area contributed by atoms with Crippen LogP contribution in [-0.4, -0.2) is 52.4 Å². The Hall–Kier alpha value is -3.85. The molecule has 1 fully saturated rings. The fourth-order valence-corrected chi connectivity index (χ4v) is 3.60. The second kappa shape index (κ2) is 8.11. The molecule has 156 valence electrons. The number of H-pyrrole nitrogens is 1. The van der Waals surface area contributed by atoms with Crippen LogP contribution >= 0.6 is 0 Å². The molecule has 5 rings (SSSR count). The van der Waals surface area contributed by atoms with Crippen LogP contribution in [0, 0.1) is 5.82 Å². The van der Waals surface area contributed by atoms with Gasteiger partial charge in [-0.1, -0.05) is 6.07 Å². The summed E-state index contributed by atoms with van der Waals surface area (Å²) in [6.45, 7) is 3.03. The zero-order valence-corrected chi connectivity index (χ0v) is 16.5. The van der Waals surface area contributed by atoms with Crippen molar-refractivity contribution in [2.45, 2.75) is 0 Å². The molecule has 9 heteroatoms. The number of carbonyl (C=O) groups excluding carboxylic acids is 1. The fourth-order valence-electron chi connectivity index (χ4n) is 3.60. The van der Waals surface area contributed by atoms with Crippen molar-refractivity contribution in [1.29, 1.82) is 0 Å². The van der Waals surface area contributed by atoms with Crippen molar-refractivity contribution in [2.24, 2.45) is 0 Å². The first-order valence-electron chi connectivity index (χ1n) is 9.86. The first-order chi connectivity index (χ1) is 15.2. The largest absolute Gasteiger partial charge is 0.378 e. The number of nitrogens with one attached hydrogen (secondary N) is 2. The summed E-state index contributed by atoms with van der Waals surface area (Å²) in [6.07, 6.45) is 6.21. The molecule has 0 bridgehead atoms. The first-order valence-corrected chi connectivity index (χ1v) is 9.86. The van der Waals surface area contributed by atoms with E-state index < -0.39 is 11.7 Å². The average molecular weight is 418 g/mol. The minimum Gasteiger partial charge on any atom is -0.378 e. The van der Waals surface area contributed by atoms with Crippen molar-refractivity contribution in [2.75, 3.05) is 36.5 Å². The Kier molecular flexibility index (Phi) is 5.01. The minimum atomic E-state index is -0.560. The standard InChI is InChI=1S/C22H19FN6O2/c23-18-3-4-24-13-20(18)26-22(30)21-17-10-14(1-2-19(17)27-28-21)15-9-16(12-25-11-15)29-5-7-31-8-6-29/h1-4,9-13H,5-8H2,(H,26,30)(H,27,28). The summed E-state index contributed by atoms with van der Waals surface area (Å²) >= 11 is 0. The van der Waals surface area contributed by atoms with Crippen LogP contribution in [0.5, 0.6) is 0 Å². The maximum absolute atomic E-state index is 13.9. The zero-order chi connectivity index (χ0) is 21.2. The number of pyridine rings is 2. The van der Waals surface area contributed by atoms with Crippen LogP contribution in [0.15, 0.2) is 55.1 Å². The highest BCUT2D eigenvalue weighted by Gasteiger charge is 2.17. The Morgan fingerprint density at radius 1 is 1.06 bits per heavy atom. The van der Waals surface area contributed by atoms with E-state index >= 15 is 0 Å². The quantitative estimate of drug-likeness (QED) is 0.528. The van der Waals surface area contributed by atoms with Gasteiger partial charge in [-0.15, -0.1) is 0 Å². The topological polar surface area (TPSA) is 96.0 Å². The third-order valence-corrected chi connectivity index (χ3v) is 5.23. The highest BCUT2D eigenvalue weighted by molar-refractivity contribution is 6.11. The summed E-state index contributed by atoms with van der Waals surface area (Å²) in [7, 11) is 0. The predicted molar refractivity (Wildman–Crippen MR) is 115 cm³/mol. The Balaban J connectivity index is 1.47. The van der Waals surface area contributed by atoms with Crippen LogP contribution in [0.3, 0.4) is 0 Å². The van der Waals surface area contributed by atoms with Gasteiger partial charge >= 0.3 is 0 Å². The molecule has 4 heterocycles. The molecule has 3 aromatic heterocycles. The van der Waals surface area contributed by atoms with Crippen LogP contribution in [0.1, 0.15) is 10.5 Å². The smallest absolute Gasteiger partial charge is 0.276 e. The SMILES string of the molecule is O=C(Nc1cnccc1F)c1n[nH]c2ccc(-c3cncc(N4CCOCC4)c3)cc12. The van der Waals surface area contributed by atoms with Crippen LogP contribution in [-0.2, 0) is 4.74 Å². The Morgan fingerprint density at radius 2 is 1.94 bits per heavy atom. The van der Waals surface area contributed by atoms with Crippen LogP contribution in [0.2, 0.25) is 0 Å². The van der Waals surface area contributed by atoms with Crippen LogP contribution in [0.4, 0.5) is 15.8 Å². The number of halogens is 1. The molecule has 1 aromatic carbocycles. The number of rotatable bonds is 4. The van der Waals surface area contributed by atoms with Crippen molar-refractivity contribution in [1.82, 2.24) is 20.2 Å². The van der Waals surface area contributed by atoms with E-state index in [4.69, 9.17) is 4.74 Å². The Bertz CT molecular complexity index is 1250. The fraction of sp³-hybridized carbons (Fsp3) is 0.182. The molecule has 0 unspecified atom stereocenters. The summed E-state index contributed by atoms with van der Waals surface area (Å²) in [4.78, 5) is 23.2. The lowest BCUT2D eigenvalue weighted by molar-refractivity contribution is 0.102. The number of carbonyl (C=O) groups is 1. The molecule has 31 heavy (non-hydrogen) atoms. The van der Waals surface area contributed by atoms with Gasteiger partial charge in [0.05, 0.1) is 42.5 Å². The van der Waals surface area contributed by atoms with E-state index in [0.29, 0.717) is 24.1 Å². The second-order valence-corrected chi connectivity index (χ2v) is 7.17. The van der Waals surface area contributed by atoms with Gasteiger partial charge in [0.2, 0.25) is 0 Å². The van der Waals surface area contributed by atoms with E-state index in [1.165, 1.54) is 18.5 Å². The van der Waals surface area contributed by atoms with Crippen molar-refractivity contribution in [3.8, 4) is 11.1 Å². The normalized spacial score (nSPS) is 14.0. The number of amides is 1. The molecule has 2 N–H and O–H groups in total. The van der Waals surface area contributed by atoms with Crippen LogP contribution in [0.25, 0.3) is 22.0 Å². The summed E-state index contributed by atoms with van der Waals surface area (Å²) < 4.78 is 19.3. The number of aromatic amines is 1. The zero-order valence-electron chi connectivity index (χ0n) is 16.5. The van der Waals surface area contributed by atoms with Crippen molar-refractivity contribution < 1.29 is 13.9 Å². The lowest BCUT2D eigenvalue weighted by Crippen LogP contribution is -2.36. The van der Waals surface area contributed by atoms with Gasteiger partial charge < -0.3 is 15.0 Å². The van der Waals surface area contributed by atoms with E-state index in [1.54, 1.807) is 6.20 Å². The molecular weight excluding hydrogens is 399 g/mol. The Morgan fingerprint density at radius 3 is 2.77 bits per heavy atom. The number of fused-ring (bicyclic) bond motifs is 1. The van der Waals surface area contributed by atoms with Gasteiger partial charge in [-0.2, -0.15) is 5.10 Å². The highest BCUT2D eigenvalue weighted by atomic mass is 19.1. The number of anilines is 2. The molecule has 1 aliphatic rings. The number of morpholine rings is 1. The molecule has 1 aliphatic heterocycles. The van der Waals surface area contributed by atoms with Gasteiger partial charge in [0.1, 0.15) is 5.82 Å². The average Bonchev–Trinajstić information content (AvgIpc) is 3.25. The summed E-state index contributed by atoms with van der Waals surface area (Å²) in [5.74, 6) is -1.08. The number of aromatic nitrogens is 4. The van der Waals surface area contributed by atoms with Crippen molar-refractivity contribution >= 4 is 28.2 Å². The molecule has 1 saturated heterocycles. The first kappa shape index (κ1) is 19.1. The Labute approximate surface area is 177 Å². The molecule has 8 nitrogen and oxygen atoms in total. The molecule has 1 amide bonds. The van der Waals surface area contributed by atoms with Gasteiger partial charge in [-0.3, -0.25) is 19.9 Å². The lowest BCUT2D eigenvalue weighted by Gasteiger charge is -2.28. The van der Waals surface area contributed by atoms with E-state index in [1.807, 2.05) is 24.4 Å². The maximum Gasteiger partial charge on any atom is 0.276 e. The minimum absolute atomic E-state index is 0.00205. The second-order valence-electron chi connectivity index (χ2n) is 7.17. The van der Waals surface area contributed by atoms with Gasteiger partial charge in [0.15, 0.2) is 5.69 Å². The van der Waals surface area contributed by atoms with Gasteiger partial charge in [-0.25, -0.2) is 4.39 Å². The molecule has 4 aromatic rings. The third-order valence-electron chi connectivity index (χ3n) is 5.23. The van der Waals surface area contributed by atoms with Gasteiger partial charge in [0.25, 0.3) is 5.91 Å². The molecule has 0 radical (unpaired) electrons. The van der Waals surface area contributed by atoms with Gasteiger partial charge in [-0.05, 0) is 29.8 Å². The predicted octanol–water partition coefficient (Wildman–Crippen LogP) is 3.25. The van der Waals surface area contributed by atoms with Crippen molar-refractivity contribution in [3.63, 3.8) is 0 Å². The number of ether oxygens (including phenoxy) is 1. The molecule has 0 spiro atoms. The maximum atomic E-state index is 13.9. The number of hydrogen-bond acceptors (Lipinski definition) is 6.